The first kappa shape index (κ1) is 18.0. The molecule has 0 unspecified atom stereocenters. The van der Waals surface area contributed by atoms with E-state index in [9.17, 15) is 18.8 Å². The van der Waals surface area contributed by atoms with E-state index < -0.39 is 30.3 Å². The normalized spacial score (nSPS) is 25.0. The Labute approximate surface area is 153 Å². The van der Waals surface area contributed by atoms with Crippen molar-refractivity contribution in [1.82, 2.24) is 4.90 Å². The Hall–Kier alpha value is -1.80. The average Bonchev–Trinajstić information content (AvgIpc) is 3.04. The first-order chi connectivity index (χ1) is 11.8. The Bertz CT molecular complexity index is 747. The number of nitrogens with zero attached hydrogens (tertiary/aromatic N) is 1. The number of carbonyl (C=O) groups excluding carboxylic acids is 3. The van der Waals surface area contributed by atoms with Crippen molar-refractivity contribution < 1.29 is 23.5 Å². The second-order valence-electron chi connectivity index (χ2n) is 6.05. The summed E-state index contributed by atoms with van der Waals surface area (Å²) in [4.78, 5) is 37.4. The second kappa shape index (κ2) is 6.84. The summed E-state index contributed by atoms with van der Waals surface area (Å²) in [6, 6.07) is 2.87. The van der Waals surface area contributed by atoms with E-state index in [1.54, 1.807) is 16.7 Å². The summed E-state index contributed by atoms with van der Waals surface area (Å²) in [7, 11) is 0. The molecule has 1 aromatic carbocycles. The number of thioether (sulfide) groups is 1. The molecule has 2 amide bonds. The van der Waals surface area contributed by atoms with Crippen molar-refractivity contribution in [2.45, 2.75) is 30.7 Å². The van der Waals surface area contributed by atoms with E-state index in [1.165, 1.54) is 6.07 Å². The number of hydrogen-bond donors (Lipinski definition) is 1. The second-order valence-corrected chi connectivity index (χ2v) is 7.95. The zero-order valence-electron chi connectivity index (χ0n) is 13.4. The molecule has 0 bridgehead atoms. The predicted octanol–water partition coefficient (Wildman–Crippen LogP) is 2.41. The van der Waals surface area contributed by atoms with Crippen molar-refractivity contribution >= 4 is 46.8 Å². The van der Waals surface area contributed by atoms with Crippen molar-refractivity contribution in [2.24, 2.45) is 0 Å². The van der Waals surface area contributed by atoms with Crippen molar-refractivity contribution in [3.63, 3.8) is 0 Å². The number of benzene rings is 1. The third kappa shape index (κ3) is 3.59. The van der Waals surface area contributed by atoms with Gasteiger partial charge in [-0.05, 0) is 31.5 Å². The SMILES string of the molecule is C[C@]12CCC(=O)N1[C@@H](C(=O)OCC(=O)Nc1ccc(F)cc1Cl)CS2. The highest BCUT2D eigenvalue weighted by Gasteiger charge is 2.53. The summed E-state index contributed by atoms with van der Waals surface area (Å²) in [5.41, 5.74) is 0.225. The molecule has 0 spiro atoms. The maximum Gasteiger partial charge on any atom is 0.330 e. The lowest BCUT2D eigenvalue weighted by Crippen LogP contribution is -2.47. The van der Waals surface area contributed by atoms with E-state index in [4.69, 9.17) is 16.3 Å². The Kier molecular flexibility index (Phi) is 4.92. The van der Waals surface area contributed by atoms with Gasteiger partial charge in [0.05, 0.1) is 15.6 Å². The molecule has 0 aliphatic carbocycles. The van der Waals surface area contributed by atoms with Crippen LogP contribution in [-0.4, -0.2) is 46.0 Å². The fourth-order valence-corrected chi connectivity index (χ4v) is 4.64. The number of esters is 1. The Morgan fingerprint density at radius 1 is 1.52 bits per heavy atom. The lowest BCUT2D eigenvalue weighted by molar-refractivity contribution is -0.155. The highest BCUT2D eigenvalue weighted by Crippen LogP contribution is 2.47. The van der Waals surface area contributed by atoms with Crippen LogP contribution >= 0.6 is 23.4 Å². The lowest BCUT2D eigenvalue weighted by Gasteiger charge is -2.29. The fourth-order valence-electron chi connectivity index (χ4n) is 3.01. The van der Waals surface area contributed by atoms with Crippen LogP contribution in [0.15, 0.2) is 18.2 Å². The molecule has 0 aromatic heterocycles. The monoisotopic (exact) mass is 386 g/mol. The molecule has 2 fully saturated rings. The molecule has 25 heavy (non-hydrogen) atoms. The molecular formula is C16H16ClFN2O4S. The van der Waals surface area contributed by atoms with Crippen LogP contribution in [-0.2, 0) is 19.1 Å². The third-order valence-corrected chi connectivity index (χ3v) is 6.09. The fraction of sp³-hybridized carbons (Fsp3) is 0.438. The zero-order valence-corrected chi connectivity index (χ0v) is 15.0. The summed E-state index contributed by atoms with van der Waals surface area (Å²) in [5, 5.41) is 2.49. The molecule has 2 atom stereocenters. The van der Waals surface area contributed by atoms with Crippen molar-refractivity contribution in [3.05, 3.63) is 29.0 Å². The molecule has 9 heteroatoms. The van der Waals surface area contributed by atoms with Gasteiger partial charge >= 0.3 is 5.97 Å². The van der Waals surface area contributed by atoms with Gasteiger partial charge in [0.2, 0.25) is 5.91 Å². The molecule has 6 nitrogen and oxygen atoms in total. The number of carbonyl (C=O) groups is 3. The number of halogens is 2. The minimum atomic E-state index is -0.674. The largest absolute Gasteiger partial charge is 0.454 e. The van der Waals surface area contributed by atoms with Gasteiger partial charge in [0.25, 0.3) is 5.91 Å². The Morgan fingerprint density at radius 2 is 2.28 bits per heavy atom. The van der Waals surface area contributed by atoms with Crippen LogP contribution in [0.2, 0.25) is 5.02 Å². The van der Waals surface area contributed by atoms with Gasteiger partial charge in [0, 0.05) is 12.2 Å². The van der Waals surface area contributed by atoms with E-state index in [1.807, 2.05) is 6.92 Å². The summed E-state index contributed by atoms with van der Waals surface area (Å²) in [6.45, 7) is 1.42. The van der Waals surface area contributed by atoms with Gasteiger partial charge in [-0.3, -0.25) is 9.59 Å². The van der Waals surface area contributed by atoms with Crippen LogP contribution in [0.1, 0.15) is 19.8 Å². The van der Waals surface area contributed by atoms with Crippen molar-refractivity contribution in [1.29, 1.82) is 0 Å². The number of rotatable bonds is 4. The van der Waals surface area contributed by atoms with Gasteiger partial charge in [-0.1, -0.05) is 11.6 Å². The molecule has 3 rings (SSSR count). The van der Waals surface area contributed by atoms with Gasteiger partial charge in [0.1, 0.15) is 11.9 Å². The molecule has 0 radical (unpaired) electrons. The Morgan fingerprint density at radius 3 is 3.00 bits per heavy atom. The topological polar surface area (TPSA) is 75.7 Å². The van der Waals surface area contributed by atoms with E-state index >= 15 is 0 Å². The summed E-state index contributed by atoms with van der Waals surface area (Å²) < 4.78 is 18.0. The molecule has 134 valence electrons. The molecule has 2 heterocycles. The van der Waals surface area contributed by atoms with Crippen LogP contribution in [0.3, 0.4) is 0 Å². The summed E-state index contributed by atoms with van der Waals surface area (Å²) >= 11 is 7.37. The standard InChI is InChI=1S/C16H16ClFN2O4S/c1-16-5-4-14(22)20(16)12(8-25-16)15(23)24-7-13(21)19-11-3-2-9(18)6-10(11)17/h2-3,6,12H,4-5,7-8H2,1H3,(H,19,21)/t12-,16+/m1/s1. The van der Waals surface area contributed by atoms with E-state index in [2.05, 4.69) is 5.32 Å². The van der Waals surface area contributed by atoms with Crippen LogP contribution in [0.25, 0.3) is 0 Å². The van der Waals surface area contributed by atoms with Crippen LogP contribution in [0, 0.1) is 5.82 Å². The molecule has 2 aliphatic rings. The van der Waals surface area contributed by atoms with Gasteiger partial charge in [-0.2, -0.15) is 0 Å². The number of anilines is 1. The van der Waals surface area contributed by atoms with Gasteiger partial charge in [-0.25, -0.2) is 9.18 Å². The maximum absolute atomic E-state index is 13.0. The highest BCUT2D eigenvalue weighted by molar-refractivity contribution is 8.01. The average molecular weight is 387 g/mol. The maximum atomic E-state index is 13.0. The summed E-state index contributed by atoms with van der Waals surface area (Å²) in [5.74, 6) is -1.34. The van der Waals surface area contributed by atoms with Crippen molar-refractivity contribution in [2.75, 3.05) is 17.7 Å². The molecule has 2 aliphatic heterocycles. The van der Waals surface area contributed by atoms with E-state index in [-0.39, 0.29) is 21.5 Å². The van der Waals surface area contributed by atoms with E-state index in [0.717, 1.165) is 12.1 Å². The van der Waals surface area contributed by atoms with Crippen molar-refractivity contribution in [3.8, 4) is 0 Å². The quantitative estimate of drug-likeness (QED) is 0.804. The van der Waals surface area contributed by atoms with Crippen LogP contribution in [0.5, 0.6) is 0 Å². The lowest BCUT2D eigenvalue weighted by atomic mass is 10.2. The molecule has 1 aromatic rings. The minimum Gasteiger partial charge on any atom is -0.454 e. The number of ether oxygens (including phenoxy) is 1. The minimum absolute atomic E-state index is 0.0466. The molecule has 1 N–H and O–H groups in total. The van der Waals surface area contributed by atoms with Crippen LogP contribution < -0.4 is 5.32 Å². The predicted molar refractivity (Wildman–Crippen MR) is 91.7 cm³/mol. The van der Waals surface area contributed by atoms with Gasteiger partial charge in [-0.15, -0.1) is 11.8 Å². The Balaban J connectivity index is 1.55. The zero-order chi connectivity index (χ0) is 18.2. The first-order valence-electron chi connectivity index (χ1n) is 7.68. The highest BCUT2D eigenvalue weighted by atomic mass is 35.5. The number of amides is 2. The number of hydrogen-bond acceptors (Lipinski definition) is 5. The van der Waals surface area contributed by atoms with Crippen LogP contribution in [0.4, 0.5) is 10.1 Å². The first-order valence-corrected chi connectivity index (χ1v) is 9.04. The number of nitrogens with one attached hydrogen (secondary N) is 1. The number of fused-ring (bicyclic) bond motifs is 1. The smallest absolute Gasteiger partial charge is 0.330 e. The summed E-state index contributed by atoms with van der Waals surface area (Å²) in [6.07, 6.45) is 1.11. The molecule has 2 saturated heterocycles. The van der Waals surface area contributed by atoms with Gasteiger partial charge in [0.15, 0.2) is 6.61 Å². The molecule has 0 saturated carbocycles. The van der Waals surface area contributed by atoms with Gasteiger partial charge < -0.3 is 15.0 Å². The third-order valence-electron chi connectivity index (χ3n) is 4.27. The molecular weight excluding hydrogens is 371 g/mol. The van der Waals surface area contributed by atoms with E-state index in [0.29, 0.717) is 18.6 Å².